The van der Waals surface area contributed by atoms with Gasteiger partial charge in [0.2, 0.25) is 0 Å². The minimum atomic E-state index is -0.351. The molecule has 36 heavy (non-hydrogen) atoms. The second kappa shape index (κ2) is 8.72. The summed E-state index contributed by atoms with van der Waals surface area (Å²) in [7, 11) is 2.02. The molecule has 0 radical (unpaired) electrons. The summed E-state index contributed by atoms with van der Waals surface area (Å²) in [6.45, 7) is 8.82. The van der Waals surface area contributed by atoms with Gasteiger partial charge in [0.1, 0.15) is 18.2 Å². The first-order valence-corrected chi connectivity index (χ1v) is 12.7. The molecule has 2 aliphatic carbocycles. The lowest BCUT2D eigenvalue weighted by atomic mass is 9.64. The molecule has 0 spiro atoms. The lowest BCUT2D eigenvalue weighted by molar-refractivity contribution is -0.119. The SMILES string of the molecule is CN1C2=C(C(=O)CC(C)(C)C2)C(c2ccc(OCc3cccc(F)c3)cc2)C2=C1CC(C)(C)CC2=O. The van der Waals surface area contributed by atoms with Crippen LogP contribution in [0, 0.1) is 16.6 Å². The Labute approximate surface area is 212 Å². The average molecular weight is 488 g/mol. The van der Waals surface area contributed by atoms with Gasteiger partial charge in [-0.25, -0.2) is 4.39 Å². The van der Waals surface area contributed by atoms with E-state index in [0.717, 1.165) is 46.5 Å². The van der Waals surface area contributed by atoms with E-state index in [4.69, 9.17) is 4.74 Å². The first-order chi connectivity index (χ1) is 16.9. The molecule has 0 aromatic heterocycles. The van der Waals surface area contributed by atoms with Crippen LogP contribution in [-0.2, 0) is 16.2 Å². The summed E-state index contributed by atoms with van der Waals surface area (Å²) in [6.07, 6.45) is 2.57. The summed E-state index contributed by atoms with van der Waals surface area (Å²) in [5.41, 5.74) is 5.11. The van der Waals surface area contributed by atoms with Crippen LogP contribution in [0.2, 0.25) is 0 Å². The maximum absolute atomic E-state index is 13.6. The van der Waals surface area contributed by atoms with Crippen molar-refractivity contribution >= 4 is 11.6 Å². The fraction of sp³-hybridized carbons (Fsp3) is 0.419. The van der Waals surface area contributed by atoms with Crippen molar-refractivity contribution in [3.63, 3.8) is 0 Å². The fourth-order valence-corrected chi connectivity index (χ4v) is 6.05. The van der Waals surface area contributed by atoms with Crippen molar-refractivity contribution in [2.24, 2.45) is 10.8 Å². The van der Waals surface area contributed by atoms with Crippen LogP contribution >= 0.6 is 0 Å². The van der Waals surface area contributed by atoms with Crippen molar-refractivity contribution in [1.82, 2.24) is 4.90 Å². The molecule has 0 saturated heterocycles. The van der Waals surface area contributed by atoms with Crippen LogP contribution in [0.3, 0.4) is 0 Å². The lowest BCUT2D eigenvalue weighted by Gasteiger charge is -2.47. The van der Waals surface area contributed by atoms with E-state index in [1.807, 2.05) is 37.4 Å². The smallest absolute Gasteiger partial charge is 0.162 e. The molecule has 0 unspecified atom stereocenters. The minimum Gasteiger partial charge on any atom is -0.489 e. The Morgan fingerprint density at radius 3 is 1.94 bits per heavy atom. The molecule has 188 valence electrons. The van der Waals surface area contributed by atoms with Gasteiger partial charge in [-0.2, -0.15) is 0 Å². The van der Waals surface area contributed by atoms with Gasteiger partial charge in [-0.3, -0.25) is 9.59 Å². The second-order valence-electron chi connectivity index (χ2n) is 12.1. The highest BCUT2D eigenvalue weighted by atomic mass is 19.1. The van der Waals surface area contributed by atoms with Crippen LogP contribution in [-0.4, -0.2) is 23.5 Å². The molecular weight excluding hydrogens is 453 g/mol. The molecule has 0 fully saturated rings. The van der Waals surface area contributed by atoms with E-state index in [1.165, 1.54) is 12.1 Å². The summed E-state index contributed by atoms with van der Waals surface area (Å²) in [6, 6.07) is 14.0. The number of Topliss-reactive ketones (excluding diaryl/α,β-unsaturated/α-hetero) is 2. The van der Waals surface area contributed by atoms with Crippen LogP contribution < -0.4 is 4.74 Å². The molecule has 0 amide bonds. The van der Waals surface area contributed by atoms with Crippen LogP contribution in [0.4, 0.5) is 4.39 Å². The third-order valence-electron chi connectivity index (χ3n) is 7.69. The third-order valence-corrected chi connectivity index (χ3v) is 7.69. The van der Waals surface area contributed by atoms with Gasteiger partial charge in [0.25, 0.3) is 0 Å². The molecule has 1 aliphatic heterocycles. The van der Waals surface area contributed by atoms with Crippen molar-refractivity contribution in [2.45, 2.75) is 65.9 Å². The average Bonchev–Trinajstić information content (AvgIpc) is 2.78. The normalized spacial score (nSPS) is 21.4. The van der Waals surface area contributed by atoms with E-state index in [9.17, 15) is 14.0 Å². The van der Waals surface area contributed by atoms with Crippen molar-refractivity contribution in [2.75, 3.05) is 7.05 Å². The highest BCUT2D eigenvalue weighted by Crippen LogP contribution is 2.53. The number of nitrogens with zero attached hydrogens (tertiary/aromatic N) is 1. The van der Waals surface area contributed by atoms with E-state index >= 15 is 0 Å². The quantitative estimate of drug-likeness (QED) is 0.480. The number of hydrogen-bond acceptors (Lipinski definition) is 4. The zero-order chi connectivity index (χ0) is 25.8. The number of ether oxygens (including phenoxy) is 1. The first kappa shape index (κ1) is 24.5. The van der Waals surface area contributed by atoms with Gasteiger partial charge in [0.05, 0.1) is 0 Å². The minimum absolute atomic E-state index is 0.115. The zero-order valence-corrected chi connectivity index (χ0v) is 21.8. The molecule has 0 atom stereocenters. The maximum atomic E-state index is 13.6. The van der Waals surface area contributed by atoms with E-state index < -0.39 is 0 Å². The number of benzene rings is 2. The lowest BCUT2D eigenvalue weighted by Crippen LogP contribution is -2.43. The molecule has 2 aromatic carbocycles. The highest BCUT2D eigenvalue weighted by Gasteiger charge is 2.48. The van der Waals surface area contributed by atoms with Crippen molar-refractivity contribution in [3.05, 3.63) is 88.0 Å². The summed E-state index contributed by atoms with van der Waals surface area (Å²) in [5.74, 6) is 0.284. The highest BCUT2D eigenvalue weighted by molar-refractivity contribution is 6.06. The number of halogens is 1. The van der Waals surface area contributed by atoms with E-state index in [0.29, 0.717) is 18.6 Å². The Bertz CT molecular complexity index is 1250. The maximum Gasteiger partial charge on any atom is 0.162 e. The number of hydrogen-bond donors (Lipinski definition) is 0. The molecule has 0 bridgehead atoms. The van der Waals surface area contributed by atoms with Crippen LogP contribution in [0.15, 0.2) is 71.1 Å². The second-order valence-corrected chi connectivity index (χ2v) is 12.1. The Balaban J connectivity index is 1.52. The van der Waals surface area contributed by atoms with Crippen LogP contribution in [0.25, 0.3) is 0 Å². The molecule has 0 saturated carbocycles. The number of rotatable bonds is 4. The molecular formula is C31H34FNO3. The predicted octanol–water partition coefficient (Wildman–Crippen LogP) is 6.72. The number of allylic oxidation sites excluding steroid dienone is 4. The van der Waals surface area contributed by atoms with Gasteiger partial charge in [0.15, 0.2) is 11.6 Å². The summed E-state index contributed by atoms with van der Waals surface area (Å²) in [4.78, 5) is 29.3. The molecule has 4 nitrogen and oxygen atoms in total. The third kappa shape index (κ3) is 4.52. The summed E-state index contributed by atoms with van der Waals surface area (Å²) in [5, 5.41) is 0. The largest absolute Gasteiger partial charge is 0.489 e. The van der Waals surface area contributed by atoms with Gasteiger partial charge in [0, 0.05) is 48.3 Å². The van der Waals surface area contributed by atoms with Gasteiger partial charge in [-0.1, -0.05) is 52.0 Å². The van der Waals surface area contributed by atoms with Gasteiger partial charge in [-0.05, 0) is 59.1 Å². The molecule has 5 heteroatoms. The molecule has 1 heterocycles. The first-order valence-electron chi connectivity index (χ1n) is 12.7. The molecule has 2 aromatic rings. The number of carbonyl (C=O) groups excluding carboxylic acids is 2. The molecule has 5 rings (SSSR count). The van der Waals surface area contributed by atoms with Crippen molar-refractivity contribution in [3.8, 4) is 5.75 Å². The standard InChI is InChI=1S/C31H34FNO3/c1-30(2)14-23-28(25(34)16-30)27(29-24(33(23)5)15-31(3,4)17-26(29)35)20-9-11-22(12-10-20)36-18-19-7-6-8-21(32)13-19/h6-13,27H,14-18H2,1-5H3. The summed E-state index contributed by atoms with van der Waals surface area (Å²) < 4.78 is 19.4. The number of carbonyl (C=O) groups is 2. The van der Waals surface area contributed by atoms with E-state index in [1.54, 1.807) is 6.07 Å². The van der Waals surface area contributed by atoms with Gasteiger partial charge in [-0.15, -0.1) is 0 Å². The molecule has 3 aliphatic rings. The van der Waals surface area contributed by atoms with Gasteiger partial charge < -0.3 is 9.64 Å². The van der Waals surface area contributed by atoms with Gasteiger partial charge >= 0.3 is 0 Å². The topological polar surface area (TPSA) is 46.6 Å². The predicted molar refractivity (Wildman–Crippen MR) is 138 cm³/mol. The Kier molecular flexibility index (Phi) is 5.93. The fourth-order valence-electron chi connectivity index (χ4n) is 6.05. The zero-order valence-electron chi connectivity index (χ0n) is 21.8. The Morgan fingerprint density at radius 1 is 0.861 bits per heavy atom. The van der Waals surface area contributed by atoms with Crippen molar-refractivity contribution < 1.29 is 18.7 Å². The Morgan fingerprint density at radius 2 is 1.42 bits per heavy atom. The number of ketones is 2. The Hall–Kier alpha value is -3.21. The van der Waals surface area contributed by atoms with Crippen LogP contribution in [0.1, 0.15) is 70.4 Å². The monoisotopic (exact) mass is 487 g/mol. The van der Waals surface area contributed by atoms with E-state index in [-0.39, 0.29) is 40.7 Å². The van der Waals surface area contributed by atoms with Crippen LogP contribution in [0.5, 0.6) is 5.75 Å². The van der Waals surface area contributed by atoms with E-state index in [2.05, 4.69) is 32.6 Å². The molecule has 0 N–H and O–H groups in total. The summed E-state index contributed by atoms with van der Waals surface area (Å²) >= 11 is 0. The van der Waals surface area contributed by atoms with Crippen molar-refractivity contribution in [1.29, 1.82) is 0 Å².